The number of hydrogen-bond donors (Lipinski definition) is 1. The van der Waals surface area contributed by atoms with Crippen molar-refractivity contribution in [1.29, 1.82) is 0 Å². The number of carbonyl (C=O) groups is 1. The molecule has 6 heteroatoms. The van der Waals surface area contributed by atoms with E-state index < -0.39 is 0 Å². The molecule has 0 aliphatic carbocycles. The summed E-state index contributed by atoms with van der Waals surface area (Å²) in [7, 11) is 0. The van der Waals surface area contributed by atoms with Crippen LogP contribution in [0.1, 0.15) is 31.7 Å². The first-order valence-corrected chi connectivity index (χ1v) is 10.6. The van der Waals surface area contributed by atoms with Crippen LogP contribution in [-0.4, -0.2) is 17.5 Å². The smallest absolute Gasteiger partial charge is 0.262 e. The third kappa shape index (κ3) is 5.06. The molecule has 5 nitrogen and oxygen atoms in total. The van der Waals surface area contributed by atoms with Gasteiger partial charge in [-0.25, -0.2) is 4.98 Å². The van der Waals surface area contributed by atoms with Gasteiger partial charge in [0.2, 0.25) is 5.89 Å². The van der Waals surface area contributed by atoms with Crippen LogP contribution < -0.4 is 10.1 Å². The SMILES string of the molecule is CC[C@H](C)c1ccc(OCC(=O)Nc2cccc(-c3nc4cc(Cl)ccc4o3)c2)cc1. The van der Waals surface area contributed by atoms with Crippen molar-refractivity contribution in [3.05, 3.63) is 77.3 Å². The molecule has 1 aromatic heterocycles. The van der Waals surface area contributed by atoms with Crippen molar-refractivity contribution in [3.63, 3.8) is 0 Å². The van der Waals surface area contributed by atoms with Crippen molar-refractivity contribution in [3.8, 4) is 17.2 Å². The fraction of sp³-hybridized carbons (Fsp3) is 0.200. The van der Waals surface area contributed by atoms with Crippen molar-refractivity contribution >= 4 is 34.3 Å². The first-order chi connectivity index (χ1) is 15.0. The number of oxazole rings is 1. The highest BCUT2D eigenvalue weighted by Gasteiger charge is 2.11. The minimum absolute atomic E-state index is 0.0751. The number of aromatic nitrogens is 1. The van der Waals surface area contributed by atoms with Gasteiger partial charge in [-0.3, -0.25) is 4.79 Å². The molecule has 0 fully saturated rings. The third-order valence-electron chi connectivity index (χ3n) is 5.17. The van der Waals surface area contributed by atoms with Crippen molar-refractivity contribution in [2.24, 2.45) is 0 Å². The molecule has 0 saturated carbocycles. The Bertz CT molecular complexity index is 1200. The van der Waals surface area contributed by atoms with Crippen LogP contribution in [0.25, 0.3) is 22.6 Å². The monoisotopic (exact) mass is 434 g/mol. The summed E-state index contributed by atoms with van der Waals surface area (Å²) in [6, 6.07) is 20.5. The van der Waals surface area contributed by atoms with E-state index in [2.05, 4.69) is 24.1 Å². The number of anilines is 1. The predicted octanol–water partition coefficient (Wildman–Crippen LogP) is 6.68. The zero-order valence-corrected chi connectivity index (χ0v) is 18.1. The van der Waals surface area contributed by atoms with E-state index in [1.807, 2.05) is 48.5 Å². The lowest BCUT2D eigenvalue weighted by Crippen LogP contribution is -2.20. The highest BCUT2D eigenvalue weighted by atomic mass is 35.5. The summed E-state index contributed by atoms with van der Waals surface area (Å²) in [5.74, 6) is 1.39. The molecule has 1 heterocycles. The molecule has 1 amide bonds. The van der Waals surface area contributed by atoms with E-state index in [-0.39, 0.29) is 12.5 Å². The molecule has 1 atom stereocenters. The van der Waals surface area contributed by atoms with Crippen LogP contribution in [0.2, 0.25) is 5.02 Å². The maximum atomic E-state index is 12.3. The fourth-order valence-corrected chi connectivity index (χ4v) is 3.39. The molecule has 0 saturated heterocycles. The van der Waals surface area contributed by atoms with Crippen LogP contribution in [0.4, 0.5) is 5.69 Å². The second kappa shape index (κ2) is 9.23. The van der Waals surface area contributed by atoms with Gasteiger partial charge in [0.15, 0.2) is 12.2 Å². The quantitative estimate of drug-likeness (QED) is 0.352. The lowest BCUT2D eigenvalue weighted by molar-refractivity contribution is -0.118. The Labute approximate surface area is 186 Å². The van der Waals surface area contributed by atoms with E-state index in [1.54, 1.807) is 18.2 Å². The number of carbonyl (C=O) groups excluding carboxylic acids is 1. The normalized spacial score (nSPS) is 12.0. The summed E-state index contributed by atoms with van der Waals surface area (Å²) in [5.41, 5.74) is 3.99. The average molecular weight is 435 g/mol. The van der Waals surface area contributed by atoms with Gasteiger partial charge in [-0.15, -0.1) is 0 Å². The Hall–Kier alpha value is -3.31. The number of halogens is 1. The van der Waals surface area contributed by atoms with Gasteiger partial charge < -0.3 is 14.5 Å². The maximum Gasteiger partial charge on any atom is 0.262 e. The van der Waals surface area contributed by atoms with Crippen LogP contribution >= 0.6 is 11.6 Å². The van der Waals surface area contributed by atoms with Crippen LogP contribution in [0.15, 0.2) is 71.1 Å². The Kier molecular flexibility index (Phi) is 6.23. The van der Waals surface area contributed by atoms with Crippen molar-refractivity contribution in [2.75, 3.05) is 11.9 Å². The lowest BCUT2D eigenvalue weighted by Gasteiger charge is -2.11. The van der Waals surface area contributed by atoms with Gasteiger partial charge in [0.05, 0.1) is 0 Å². The Morgan fingerprint density at radius 1 is 1.13 bits per heavy atom. The summed E-state index contributed by atoms with van der Waals surface area (Å²) in [4.78, 5) is 16.8. The molecule has 3 aromatic carbocycles. The zero-order valence-electron chi connectivity index (χ0n) is 17.4. The molecule has 4 aromatic rings. The van der Waals surface area contributed by atoms with Gasteiger partial charge in [0.25, 0.3) is 5.91 Å². The number of benzene rings is 3. The summed E-state index contributed by atoms with van der Waals surface area (Å²) in [5, 5.41) is 3.45. The van der Waals surface area contributed by atoms with Crippen molar-refractivity contribution in [2.45, 2.75) is 26.2 Å². The number of hydrogen-bond acceptors (Lipinski definition) is 4. The predicted molar refractivity (Wildman–Crippen MR) is 124 cm³/mol. The van der Waals surface area contributed by atoms with E-state index in [9.17, 15) is 4.79 Å². The molecular weight excluding hydrogens is 412 g/mol. The number of ether oxygens (including phenoxy) is 1. The van der Waals surface area contributed by atoms with Crippen LogP contribution in [-0.2, 0) is 4.79 Å². The van der Waals surface area contributed by atoms with Crippen LogP contribution in [0.3, 0.4) is 0 Å². The minimum atomic E-state index is -0.243. The Morgan fingerprint density at radius 2 is 1.94 bits per heavy atom. The number of amides is 1. The first-order valence-electron chi connectivity index (χ1n) is 10.2. The molecule has 0 bridgehead atoms. The highest BCUT2D eigenvalue weighted by molar-refractivity contribution is 6.31. The summed E-state index contributed by atoms with van der Waals surface area (Å²) >= 11 is 6.02. The second-order valence-corrected chi connectivity index (χ2v) is 7.86. The molecule has 0 aliphatic rings. The third-order valence-corrected chi connectivity index (χ3v) is 5.41. The molecular formula is C25H23ClN2O3. The molecule has 0 aliphatic heterocycles. The van der Waals surface area contributed by atoms with Gasteiger partial charge >= 0.3 is 0 Å². The highest BCUT2D eigenvalue weighted by Crippen LogP contribution is 2.28. The van der Waals surface area contributed by atoms with Gasteiger partial charge in [0.1, 0.15) is 11.3 Å². The molecule has 0 radical (unpaired) electrons. The Balaban J connectivity index is 1.39. The van der Waals surface area contributed by atoms with Crippen LogP contribution in [0.5, 0.6) is 5.75 Å². The largest absolute Gasteiger partial charge is 0.484 e. The molecule has 0 spiro atoms. The Morgan fingerprint density at radius 3 is 2.71 bits per heavy atom. The van der Waals surface area contributed by atoms with Crippen molar-refractivity contribution < 1.29 is 13.9 Å². The van der Waals surface area contributed by atoms with Crippen molar-refractivity contribution in [1.82, 2.24) is 4.98 Å². The lowest BCUT2D eigenvalue weighted by atomic mass is 9.99. The maximum absolute atomic E-state index is 12.3. The molecule has 1 N–H and O–H groups in total. The van der Waals surface area contributed by atoms with Gasteiger partial charge in [-0.2, -0.15) is 0 Å². The summed E-state index contributed by atoms with van der Waals surface area (Å²) < 4.78 is 11.4. The van der Waals surface area contributed by atoms with E-state index in [4.69, 9.17) is 20.8 Å². The molecule has 31 heavy (non-hydrogen) atoms. The van der Waals surface area contributed by atoms with Crippen LogP contribution in [0, 0.1) is 0 Å². The van der Waals surface area contributed by atoms with E-state index >= 15 is 0 Å². The second-order valence-electron chi connectivity index (χ2n) is 7.43. The van der Waals surface area contributed by atoms with Gasteiger partial charge in [-0.1, -0.05) is 43.6 Å². The number of nitrogens with one attached hydrogen (secondary N) is 1. The van der Waals surface area contributed by atoms with E-state index in [0.717, 1.165) is 12.0 Å². The first kappa shape index (κ1) is 20.9. The molecule has 158 valence electrons. The molecule has 4 rings (SSSR count). The van der Waals surface area contributed by atoms with E-state index in [1.165, 1.54) is 5.56 Å². The topological polar surface area (TPSA) is 64.4 Å². The van der Waals surface area contributed by atoms with E-state index in [0.29, 0.717) is 39.4 Å². The number of rotatable bonds is 7. The average Bonchev–Trinajstić information content (AvgIpc) is 3.21. The number of nitrogens with zero attached hydrogens (tertiary/aromatic N) is 1. The van der Waals surface area contributed by atoms with Gasteiger partial charge in [0, 0.05) is 16.3 Å². The zero-order chi connectivity index (χ0) is 21.8. The summed E-state index contributed by atoms with van der Waals surface area (Å²) in [6.45, 7) is 4.27. The number of fused-ring (bicyclic) bond motifs is 1. The summed E-state index contributed by atoms with van der Waals surface area (Å²) in [6.07, 6.45) is 1.08. The molecule has 0 unspecified atom stereocenters. The minimum Gasteiger partial charge on any atom is -0.484 e. The fourth-order valence-electron chi connectivity index (χ4n) is 3.23. The standard InChI is InChI=1S/C25H23ClN2O3/c1-3-16(2)17-7-10-21(11-8-17)30-15-24(29)27-20-6-4-5-18(13-20)25-28-22-14-19(26)9-12-23(22)31-25/h4-14,16H,3,15H2,1-2H3,(H,27,29)/t16-/m0/s1. The van der Waals surface area contributed by atoms with Gasteiger partial charge in [-0.05, 0) is 66.4 Å².